The quantitative estimate of drug-likeness (QED) is 0.687. The van der Waals surface area contributed by atoms with Gasteiger partial charge in [-0.15, -0.1) is 0 Å². The highest BCUT2D eigenvalue weighted by Crippen LogP contribution is 2.26. The van der Waals surface area contributed by atoms with Gasteiger partial charge in [0.25, 0.3) is 11.6 Å². The number of nitro benzene ring substituents is 1. The van der Waals surface area contributed by atoms with Crippen molar-refractivity contribution in [3.8, 4) is 0 Å². The van der Waals surface area contributed by atoms with E-state index in [9.17, 15) is 14.9 Å². The Labute approximate surface area is 127 Å². The van der Waals surface area contributed by atoms with E-state index in [2.05, 4.69) is 5.32 Å². The molecule has 1 aliphatic rings. The summed E-state index contributed by atoms with van der Waals surface area (Å²) in [5.41, 5.74) is -0.324. The minimum absolute atomic E-state index is 0.0309. The molecule has 1 heterocycles. The van der Waals surface area contributed by atoms with Crippen molar-refractivity contribution in [1.82, 2.24) is 5.32 Å². The number of rotatable bonds is 3. The Bertz CT molecular complexity index is 574. The van der Waals surface area contributed by atoms with Crippen LogP contribution in [-0.2, 0) is 4.74 Å². The van der Waals surface area contributed by atoms with Crippen LogP contribution < -0.4 is 5.32 Å². The van der Waals surface area contributed by atoms with E-state index in [4.69, 9.17) is 16.3 Å². The van der Waals surface area contributed by atoms with Crippen LogP contribution in [0, 0.1) is 10.1 Å². The number of carbonyl (C=O) groups excluding carboxylic acids is 1. The summed E-state index contributed by atoms with van der Waals surface area (Å²) in [6, 6.07) is 3.80. The monoisotopic (exact) mass is 312 g/mol. The standard InChI is InChI=1S/C14H17ClN2O4/c1-14(2)8-9(5-6-21-14)16-13(18)11-7-10(17(19)20)3-4-12(11)15/h3-4,7,9H,5-6,8H2,1-2H3,(H,16,18). The van der Waals surface area contributed by atoms with Gasteiger partial charge in [-0.25, -0.2) is 0 Å². The molecule has 0 spiro atoms. The van der Waals surface area contributed by atoms with Gasteiger partial charge in [0.1, 0.15) is 0 Å². The van der Waals surface area contributed by atoms with Crippen molar-refractivity contribution in [2.75, 3.05) is 6.61 Å². The zero-order valence-electron chi connectivity index (χ0n) is 11.9. The van der Waals surface area contributed by atoms with Crippen LogP contribution in [0.15, 0.2) is 18.2 Å². The largest absolute Gasteiger partial charge is 0.375 e. The first-order chi connectivity index (χ1) is 9.78. The van der Waals surface area contributed by atoms with Crippen LogP contribution >= 0.6 is 11.6 Å². The van der Waals surface area contributed by atoms with Crippen LogP contribution in [0.2, 0.25) is 5.02 Å². The van der Waals surface area contributed by atoms with Gasteiger partial charge in [-0.3, -0.25) is 14.9 Å². The van der Waals surface area contributed by atoms with E-state index < -0.39 is 10.8 Å². The van der Waals surface area contributed by atoms with E-state index in [-0.39, 0.29) is 27.9 Å². The van der Waals surface area contributed by atoms with E-state index in [1.165, 1.54) is 18.2 Å². The molecule has 1 amide bonds. The number of nitrogens with zero attached hydrogens (tertiary/aromatic N) is 1. The number of hydrogen-bond donors (Lipinski definition) is 1. The number of carbonyl (C=O) groups is 1. The Morgan fingerprint density at radius 1 is 1.52 bits per heavy atom. The molecule has 1 fully saturated rings. The lowest BCUT2D eigenvalue weighted by atomic mass is 9.94. The molecule has 21 heavy (non-hydrogen) atoms. The maximum atomic E-state index is 12.3. The van der Waals surface area contributed by atoms with Gasteiger partial charge in [-0.2, -0.15) is 0 Å². The predicted octanol–water partition coefficient (Wildman–Crippen LogP) is 2.94. The van der Waals surface area contributed by atoms with Crippen molar-refractivity contribution in [1.29, 1.82) is 0 Å². The van der Waals surface area contributed by atoms with Crippen molar-refractivity contribution >= 4 is 23.2 Å². The predicted molar refractivity (Wildman–Crippen MR) is 78.6 cm³/mol. The molecule has 7 heteroatoms. The van der Waals surface area contributed by atoms with Gasteiger partial charge in [0, 0.05) is 24.8 Å². The molecule has 114 valence electrons. The molecule has 1 aromatic carbocycles. The molecule has 1 unspecified atom stereocenters. The number of hydrogen-bond acceptors (Lipinski definition) is 4. The summed E-state index contributed by atoms with van der Waals surface area (Å²) in [7, 11) is 0. The second-order valence-electron chi connectivity index (χ2n) is 5.69. The molecule has 1 saturated heterocycles. The number of halogens is 1. The van der Waals surface area contributed by atoms with Gasteiger partial charge < -0.3 is 10.1 Å². The topological polar surface area (TPSA) is 81.5 Å². The summed E-state index contributed by atoms with van der Waals surface area (Å²) in [6.07, 6.45) is 1.40. The first-order valence-corrected chi connectivity index (χ1v) is 7.05. The van der Waals surface area contributed by atoms with Gasteiger partial charge in [0.15, 0.2) is 0 Å². The highest BCUT2D eigenvalue weighted by Gasteiger charge is 2.30. The SMILES string of the molecule is CC1(C)CC(NC(=O)c2cc([N+](=O)[O-])ccc2Cl)CCO1. The first-order valence-electron chi connectivity index (χ1n) is 6.67. The van der Waals surface area contributed by atoms with Gasteiger partial charge in [-0.05, 0) is 32.8 Å². The van der Waals surface area contributed by atoms with Crippen molar-refractivity contribution in [3.63, 3.8) is 0 Å². The maximum absolute atomic E-state index is 12.3. The average Bonchev–Trinajstić information content (AvgIpc) is 2.37. The van der Waals surface area contributed by atoms with E-state index in [0.29, 0.717) is 19.4 Å². The lowest BCUT2D eigenvalue weighted by molar-refractivity contribution is -0.384. The molecule has 0 bridgehead atoms. The number of ether oxygens (including phenoxy) is 1. The second-order valence-corrected chi connectivity index (χ2v) is 6.10. The number of non-ortho nitro benzene ring substituents is 1. The minimum atomic E-state index is -0.551. The van der Waals surface area contributed by atoms with E-state index in [1.54, 1.807) is 0 Å². The lowest BCUT2D eigenvalue weighted by Gasteiger charge is -2.35. The molecule has 1 aromatic rings. The third-order valence-electron chi connectivity index (χ3n) is 3.44. The van der Waals surface area contributed by atoms with E-state index in [0.717, 1.165) is 0 Å². The zero-order valence-corrected chi connectivity index (χ0v) is 12.6. The van der Waals surface area contributed by atoms with Gasteiger partial charge in [0.2, 0.25) is 0 Å². The number of nitro groups is 1. The zero-order chi connectivity index (χ0) is 15.6. The summed E-state index contributed by atoms with van der Waals surface area (Å²) in [5.74, 6) is -0.397. The average molecular weight is 313 g/mol. The number of nitrogens with one attached hydrogen (secondary N) is 1. The van der Waals surface area contributed by atoms with Crippen molar-refractivity contribution in [2.45, 2.75) is 38.3 Å². The van der Waals surface area contributed by atoms with Crippen molar-refractivity contribution < 1.29 is 14.5 Å². The normalized spacial score (nSPS) is 20.8. The third kappa shape index (κ3) is 3.92. The molecule has 0 aromatic heterocycles. The van der Waals surface area contributed by atoms with Gasteiger partial charge >= 0.3 is 0 Å². The van der Waals surface area contributed by atoms with Crippen LogP contribution in [0.1, 0.15) is 37.0 Å². The van der Waals surface area contributed by atoms with Crippen LogP contribution in [0.4, 0.5) is 5.69 Å². The Balaban J connectivity index is 2.13. The van der Waals surface area contributed by atoms with Gasteiger partial charge in [0.05, 0.1) is 21.1 Å². The number of benzene rings is 1. The molecule has 1 aliphatic heterocycles. The first kappa shape index (κ1) is 15.7. The third-order valence-corrected chi connectivity index (χ3v) is 3.77. The fraction of sp³-hybridized carbons (Fsp3) is 0.500. The molecule has 0 radical (unpaired) electrons. The summed E-state index contributed by atoms with van der Waals surface area (Å²) in [5, 5.41) is 13.8. The molecule has 1 N–H and O–H groups in total. The molecular formula is C14H17ClN2O4. The molecule has 1 atom stereocenters. The Morgan fingerprint density at radius 3 is 2.86 bits per heavy atom. The highest BCUT2D eigenvalue weighted by molar-refractivity contribution is 6.33. The summed E-state index contributed by atoms with van der Waals surface area (Å²) < 4.78 is 5.59. The summed E-state index contributed by atoms with van der Waals surface area (Å²) >= 11 is 5.96. The Hall–Kier alpha value is -1.66. The van der Waals surface area contributed by atoms with Crippen LogP contribution in [0.5, 0.6) is 0 Å². The summed E-state index contributed by atoms with van der Waals surface area (Å²) in [6.45, 7) is 4.50. The second kappa shape index (κ2) is 5.99. The fourth-order valence-electron chi connectivity index (χ4n) is 2.42. The van der Waals surface area contributed by atoms with Crippen molar-refractivity contribution in [2.24, 2.45) is 0 Å². The highest BCUT2D eigenvalue weighted by atomic mass is 35.5. The smallest absolute Gasteiger partial charge is 0.270 e. The van der Waals surface area contributed by atoms with Gasteiger partial charge in [-0.1, -0.05) is 11.6 Å². The Morgan fingerprint density at radius 2 is 2.24 bits per heavy atom. The lowest BCUT2D eigenvalue weighted by Crippen LogP contribution is -2.45. The minimum Gasteiger partial charge on any atom is -0.375 e. The molecule has 6 nitrogen and oxygen atoms in total. The molecule has 2 rings (SSSR count). The number of amides is 1. The Kier molecular flexibility index (Phi) is 4.49. The van der Waals surface area contributed by atoms with Crippen LogP contribution in [0.3, 0.4) is 0 Å². The van der Waals surface area contributed by atoms with Crippen molar-refractivity contribution in [3.05, 3.63) is 38.9 Å². The fourth-order valence-corrected chi connectivity index (χ4v) is 2.62. The molecule has 0 aliphatic carbocycles. The maximum Gasteiger partial charge on any atom is 0.270 e. The van der Waals surface area contributed by atoms with E-state index >= 15 is 0 Å². The van der Waals surface area contributed by atoms with Crippen LogP contribution in [0.25, 0.3) is 0 Å². The molecule has 0 saturated carbocycles. The molecular weight excluding hydrogens is 296 g/mol. The van der Waals surface area contributed by atoms with Crippen LogP contribution in [-0.4, -0.2) is 29.1 Å². The van der Waals surface area contributed by atoms with E-state index in [1.807, 2.05) is 13.8 Å². The summed E-state index contributed by atoms with van der Waals surface area (Å²) in [4.78, 5) is 22.5.